The summed E-state index contributed by atoms with van der Waals surface area (Å²) in [4.78, 5) is 25.0. The molecule has 0 spiro atoms. The second-order valence-electron chi connectivity index (χ2n) is 9.51. The molecule has 3 aromatic rings. The zero-order valence-electron chi connectivity index (χ0n) is 20.1. The Morgan fingerprint density at radius 3 is 2.34 bits per heavy atom. The van der Waals surface area contributed by atoms with E-state index in [1.807, 2.05) is 26.8 Å². The number of rotatable bonds is 5. The number of fused-ring (bicyclic) bond motifs is 1. The summed E-state index contributed by atoms with van der Waals surface area (Å²) in [5, 5.41) is 2.75. The van der Waals surface area contributed by atoms with Crippen LogP contribution < -0.4 is 14.4 Å². The molecule has 1 aliphatic heterocycles. The van der Waals surface area contributed by atoms with Gasteiger partial charge in [-0.05, 0) is 54.3 Å². The summed E-state index contributed by atoms with van der Waals surface area (Å²) in [5.41, 5.74) is 2.01. The van der Waals surface area contributed by atoms with Crippen molar-refractivity contribution in [3.8, 4) is 5.75 Å². The Morgan fingerprint density at radius 1 is 0.971 bits per heavy atom. The van der Waals surface area contributed by atoms with Crippen molar-refractivity contribution in [1.29, 1.82) is 0 Å². The molecule has 1 amide bonds. The molecule has 4 rings (SSSR count). The smallest absolute Gasteiger partial charge is 0.267 e. The van der Waals surface area contributed by atoms with Gasteiger partial charge >= 0.3 is 0 Å². The largest absolute Gasteiger partial charge is 0.476 e. The third-order valence-electron chi connectivity index (χ3n) is 5.85. The van der Waals surface area contributed by atoms with Crippen LogP contribution in [0.15, 0.2) is 77.7 Å². The van der Waals surface area contributed by atoms with Gasteiger partial charge in [0.05, 0.1) is 17.1 Å². The van der Waals surface area contributed by atoms with Gasteiger partial charge in [0.1, 0.15) is 5.75 Å². The molecule has 7 nitrogen and oxygen atoms in total. The van der Waals surface area contributed by atoms with Crippen molar-refractivity contribution in [2.24, 2.45) is 0 Å². The van der Waals surface area contributed by atoms with Gasteiger partial charge in [-0.1, -0.05) is 57.2 Å². The topological polar surface area (TPSA) is 92.8 Å². The number of ketones is 1. The summed E-state index contributed by atoms with van der Waals surface area (Å²) in [6.07, 6.45) is -1.09. The Kier molecular flexibility index (Phi) is 6.42. The Bertz CT molecular complexity index is 1380. The molecule has 0 radical (unpaired) electrons. The Balaban J connectivity index is 1.72. The van der Waals surface area contributed by atoms with Crippen molar-refractivity contribution in [2.45, 2.75) is 44.1 Å². The van der Waals surface area contributed by atoms with E-state index < -0.39 is 22.0 Å². The number of nitrogens with one attached hydrogen (secondary N) is 1. The number of anilines is 2. The molecule has 1 atom stereocenters. The maximum atomic E-state index is 13.7. The summed E-state index contributed by atoms with van der Waals surface area (Å²) < 4.78 is 34.5. The zero-order valence-corrected chi connectivity index (χ0v) is 20.9. The van der Waals surface area contributed by atoms with E-state index in [-0.39, 0.29) is 22.6 Å². The minimum Gasteiger partial charge on any atom is -0.476 e. The minimum absolute atomic E-state index is 0.126. The van der Waals surface area contributed by atoms with Crippen molar-refractivity contribution in [2.75, 3.05) is 16.2 Å². The molecule has 0 aromatic heterocycles. The van der Waals surface area contributed by atoms with E-state index in [1.165, 1.54) is 23.4 Å². The van der Waals surface area contributed by atoms with Crippen molar-refractivity contribution in [1.82, 2.24) is 0 Å². The molecule has 0 aliphatic carbocycles. The average Bonchev–Trinajstić information content (AvgIpc) is 2.83. The van der Waals surface area contributed by atoms with E-state index in [0.29, 0.717) is 22.7 Å². The number of Topliss-reactive ketones (excluding diaryl/α,β-unsaturated/α-hetero) is 1. The molecule has 0 unspecified atom stereocenters. The molecular formula is C27H28N2O5S. The summed E-state index contributed by atoms with van der Waals surface area (Å²) >= 11 is 0. The SMILES string of the molecule is CC(=O)c1cccc(NC(=O)[C@@H]2CN(S(=O)(=O)c3ccccc3)c3cc(C(C)(C)C)ccc3O2)c1. The van der Waals surface area contributed by atoms with E-state index in [0.717, 1.165) is 5.56 Å². The summed E-state index contributed by atoms with van der Waals surface area (Å²) in [6.45, 7) is 7.37. The van der Waals surface area contributed by atoms with Crippen LogP contribution in [0.25, 0.3) is 0 Å². The van der Waals surface area contributed by atoms with Gasteiger partial charge in [-0.2, -0.15) is 0 Å². The minimum atomic E-state index is -3.97. The highest BCUT2D eigenvalue weighted by Crippen LogP contribution is 2.40. The van der Waals surface area contributed by atoms with Gasteiger partial charge in [-0.3, -0.25) is 13.9 Å². The molecule has 182 valence electrons. The first-order valence-electron chi connectivity index (χ1n) is 11.3. The van der Waals surface area contributed by atoms with Crippen LogP contribution in [0.1, 0.15) is 43.6 Å². The highest BCUT2D eigenvalue weighted by molar-refractivity contribution is 7.92. The molecule has 3 aromatic carbocycles. The highest BCUT2D eigenvalue weighted by Gasteiger charge is 2.38. The predicted molar refractivity (Wildman–Crippen MR) is 136 cm³/mol. The monoisotopic (exact) mass is 492 g/mol. The lowest BCUT2D eigenvalue weighted by Gasteiger charge is -2.36. The number of hydrogen-bond donors (Lipinski definition) is 1. The third-order valence-corrected chi connectivity index (χ3v) is 7.65. The Labute approximate surface area is 205 Å². The number of nitrogens with zero attached hydrogens (tertiary/aromatic N) is 1. The van der Waals surface area contributed by atoms with Gasteiger partial charge in [0.2, 0.25) is 0 Å². The van der Waals surface area contributed by atoms with Gasteiger partial charge in [0.25, 0.3) is 15.9 Å². The van der Waals surface area contributed by atoms with Crippen LogP contribution in [-0.4, -0.2) is 32.8 Å². The summed E-state index contributed by atoms with van der Waals surface area (Å²) in [5.74, 6) is -0.329. The van der Waals surface area contributed by atoms with Crippen molar-refractivity contribution >= 4 is 33.1 Å². The number of carbonyl (C=O) groups is 2. The predicted octanol–water partition coefficient (Wildman–Crippen LogP) is 4.78. The van der Waals surface area contributed by atoms with E-state index in [4.69, 9.17) is 4.74 Å². The Morgan fingerprint density at radius 2 is 1.69 bits per heavy atom. The summed E-state index contributed by atoms with van der Waals surface area (Å²) in [7, 11) is -3.97. The van der Waals surface area contributed by atoms with E-state index in [9.17, 15) is 18.0 Å². The molecule has 35 heavy (non-hydrogen) atoms. The van der Waals surface area contributed by atoms with Gasteiger partial charge < -0.3 is 10.1 Å². The molecule has 1 aliphatic rings. The first-order chi connectivity index (χ1) is 16.5. The fourth-order valence-electron chi connectivity index (χ4n) is 3.84. The first-order valence-corrected chi connectivity index (χ1v) is 12.7. The van der Waals surface area contributed by atoms with E-state index >= 15 is 0 Å². The number of benzene rings is 3. The lowest BCUT2D eigenvalue weighted by atomic mass is 9.86. The quantitative estimate of drug-likeness (QED) is 0.518. The van der Waals surface area contributed by atoms with Crippen molar-refractivity contribution in [3.05, 3.63) is 83.9 Å². The molecule has 0 saturated heterocycles. The maximum Gasteiger partial charge on any atom is 0.267 e. The number of ether oxygens (including phenoxy) is 1. The fraction of sp³-hybridized carbons (Fsp3) is 0.259. The molecule has 1 heterocycles. The fourth-order valence-corrected chi connectivity index (χ4v) is 5.33. The number of sulfonamides is 1. The van der Waals surface area contributed by atoms with Gasteiger partial charge in [-0.15, -0.1) is 0 Å². The van der Waals surface area contributed by atoms with Crippen LogP contribution in [-0.2, 0) is 20.2 Å². The first kappa shape index (κ1) is 24.5. The third kappa shape index (κ3) is 5.07. The molecule has 1 N–H and O–H groups in total. The molecule has 8 heteroatoms. The van der Waals surface area contributed by atoms with E-state index in [1.54, 1.807) is 54.6 Å². The van der Waals surface area contributed by atoms with Gasteiger partial charge in [0, 0.05) is 11.3 Å². The van der Waals surface area contributed by atoms with Crippen LogP contribution >= 0.6 is 0 Å². The standard InChI is InChI=1S/C27H28N2O5S/c1-18(30)19-9-8-10-21(15-19)28-26(31)25-17-29(35(32,33)22-11-6-5-7-12-22)23-16-20(27(2,3)4)13-14-24(23)34-25/h5-16,25H,17H2,1-4H3,(H,28,31)/t25-/m0/s1. The molecular weight excluding hydrogens is 464 g/mol. The van der Waals surface area contributed by atoms with Crippen LogP contribution in [0.5, 0.6) is 5.75 Å². The number of hydrogen-bond acceptors (Lipinski definition) is 5. The molecule has 0 bridgehead atoms. The highest BCUT2D eigenvalue weighted by atomic mass is 32.2. The second kappa shape index (κ2) is 9.19. The maximum absolute atomic E-state index is 13.7. The van der Waals surface area contributed by atoms with E-state index in [2.05, 4.69) is 5.32 Å². The zero-order chi connectivity index (χ0) is 25.4. The average molecular weight is 493 g/mol. The lowest BCUT2D eigenvalue weighted by molar-refractivity contribution is -0.122. The summed E-state index contributed by atoms with van der Waals surface area (Å²) in [6, 6.07) is 20.1. The van der Waals surface area contributed by atoms with Crippen LogP contribution in [0.2, 0.25) is 0 Å². The molecule has 0 fully saturated rings. The normalized spacial score (nSPS) is 15.7. The van der Waals surface area contributed by atoms with Crippen molar-refractivity contribution in [3.63, 3.8) is 0 Å². The van der Waals surface area contributed by atoms with Gasteiger partial charge in [0.15, 0.2) is 11.9 Å². The number of carbonyl (C=O) groups excluding carboxylic acids is 2. The second-order valence-corrected chi connectivity index (χ2v) is 11.4. The number of amides is 1. The van der Waals surface area contributed by atoms with Gasteiger partial charge in [-0.25, -0.2) is 8.42 Å². The lowest BCUT2D eigenvalue weighted by Crippen LogP contribution is -2.49. The van der Waals surface area contributed by atoms with Crippen LogP contribution in [0.4, 0.5) is 11.4 Å². The Hall–Kier alpha value is -3.65. The van der Waals surface area contributed by atoms with Crippen LogP contribution in [0.3, 0.4) is 0 Å². The van der Waals surface area contributed by atoms with Crippen molar-refractivity contribution < 1.29 is 22.7 Å². The van der Waals surface area contributed by atoms with Crippen LogP contribution in [0, 0.1) is 0 Å². The molecule has 0 saturated carbocycles.